The molecule has 2 aromatic rings. The van der Waals surface area contributed by atoms with Crippen LogP contribution in [-0.2, 0) is 27.8 Å². The third-order valence-electron chi connectivity index (χ3n) is 3.21. The first-order valence-electron chi connectivity index (χ1n) is 7.45. The Morgan fingerprint density at radius 2 is 2.28 bits per heavy atom. The summed E-state index contributed by atoms with van der Waals surface area (Å²) >= 11 is 2.52. The molecular formula is C15H17N5O3S2. The van der Waals surface area contributed by atoms with Crippen molar-refractivity contribution in [2.45, 2.75) is 30.7 Å². The van der Waals surface area contributed by atoms with E-state index in [4.69, 9.17) is 10.00 Å². The van der Waals surface area contributed by atoms with Gasteiger partial charge in [0.1, 0.15) is 23.3 Å². The van der Waals surface area contributed by atoms with E-state index in [1.165, 1.54) is 23.1 Å². The number of aromatic nitrogens is 3. The van der Waals surface area contributed by atoms with E-state index in [0.29, 0.717) is 28.2 Å². The summed E-state index contributed by atoms with van der Waals surface area (Å²) in [5.74, 6) is -0.139. The number of amides is 1. The molecule has 0 saturated heterocycles. The van der Waals surface area contributed by atoms with Gasteiger partial charge in [-0.25, -0.2) is 0 Å². The summed E-state index contributed by atoms with van der Waals surface area (Å²) in [6, 6.07) is 3.68. The molecule has 1 amide bonds. The van der Waals surface area contributed by atoms with Crippen LogP contribution in [0.15, 0.2) is 16.6 Å². The van der Waals surface area contributed by atoms with Crippen molar-refractivity contribution in [3.63, 3.8) is 0 Å². The SMILES string of the molecule is CCOC(=O)Cc1nnc(S[C@@H](C)C(=O)Nc2sccc2C#N)n1C. The molecule has 132 valence electrons. The molecule has 25 heavy (non-hydrogen) atoms. The van der Waals surface area contributed by atoms with Crippen LogP contribution in [0, 0.1) is 11.3 Å². The molecule has 8 nitrogen and oxygen atoms in total. The Hall–Kier alpha value is -2.38. The molecule has 0 unspecified atom stereocenters. The number of esters is 1. The van der Waals surface area contributed by atoms with E-state index in [2.05, 4.69) is 15.5 Å². The lowest BCUT2D eigenvalue weighted by atomic mass is 10.3. The van der Waals surface area contributed by atoms with Crippen LogP contribution in [0.1, 0.15) is 25.2 Å². The molecule has 2 rings (SSSR count). The van der Waals surface area contributed by atoms with Crippen LogP contribution in [0.4, 0.5) is 5.00 Å². The number of ether oxygens (including phenoxy) is 1. The average molecular weight is 379 g/mol. The maximum absolute atomic E-state index is 12.3. The molecule has 0 aliphatic rings. The van der Waals surface area contributed by atoms with Crippen LogP contribution in [0.5, 0.6) is 0 Å². The van der Waals surface area contributed by atoms with Crippen LogP contribution in [0.3, 0.4) is 0 Å². The molecule has 0 aromatic carbocycles. The zero-order valence-electron chi connectivity index (χ0n) is 14.0. The Bertz CT molecular complexity index is 808. The second-order valence-electron chi connectivity index (χ2n) is 4.96. The van der Waals surface area contributed by atoms with Crippen LogP contribution in [-0.4, -0.2) is 38.5 Å². The van der Waals surface area contributed by atoms with Gasteiger partial charge in [-0.15, -0.1) is 21.5 Å². The Labute approximate surface area is 153 Å². The van der Waals surface area contributed by atoms with Crippen molar-refractivity contribution < 1.29 is 14.3 Å². The molecular weight excluding hydrogens is 362 g/mol. The van der Waals surface area contributed by atoms with Crippen molar-refractivity contribution in [2.75, 3.05) is 11.9 Å². The number of nitrogens with zero attached hydrogens (tertiary/aromatic N) is 4. The third-order valence-corrected chi connectivity index (χ3v) is 5.17. The van der Waals surface area contributed by atoms with Crippen molar-refractivity contribution >= 4 is 40.0 Å². The average Bonchev–Trinajstić information content (AvgIpc) is 3.16. The first-order valence-corrected chi connectivity index (χ1v) is 9.21. The van der Waals surface area contributed by atoms with Gasteiger partial charge in [-0.05, 0) is 25.3 Å². The second kappa shape index (κ2) is 8.64. The molecule has 0 spiro atoms. The minimum absolute atomic E-state index is 0.0270. The first-order chi connectivity index (χ1) is 12.0. The highest BCUT2D eigenvalue weighted by Crippen LogP contribution is 2.26. The number of anilines is 1. The highest BCUT2D eigenvalue weighted by atomic mass is 32.2. The van der Waals surface area contributed by atoms with Gasteiger partial charge in [0, 0.05) is 7.05 Å². The summed E-state index contributed by atoms with van der Waals surface area (Å²) in [5.41, 5.74) is 0.436. The molecule has 1 atom stereocenters. The van der Waals surface area contributed by atoms with Gasteiger partial charge in [0.25, 0.3) is 0 Å². The maximum atomic E-state index is 12.3. The smallest absolute Gasteiger partial charge is 0.313 e. The summed E-state index contributed by atoms with van der Waals surface area (Å²) in [4.78, 5) is 23.8. The predicted molar refractivity (Wildman–Crippen MR) is 94.3 cm³/mol. The van der Waals surface area contributed by atoms with Gasteiger partial charge < -0.3 is 14.6 Å². The van der Waals surface area contributed by atoms with Crippen molar-refractivity contribution in [2.24, 2.45) is 7.05 Å². The van der Waals surface area contributed by atoms with Gasteiger partial charge in [-0.1, -0.05) is 11.8 Å². The summed E-state index contributed by atoms with van der Waals surface area (Å²) < 4.78 is 6.56. The van der Waals surface area contributed by atoms with Crippen LogP contribution >= 0.6 is 23.1 Å². The van der Waals surface area contributed by atoms with Gasteiger partial charge in [0.15, 0.2) is 5.16 Å². The summed E-state index contributed by atoms with van der Waals surface area (Å²) in [6.45, 7) is 3.78. The molecule has 2 heterocycles. The van der Waals surface area contributed by atoms with E-state index in [0.717, 1.165) is 0 Å². The zero-order chi connectivity index (χ0) is 18.4. The van der Waals surface area contributed by atoms with Crippen molar-refractivity contribution in [1.29, 1.82) is 5.26 Å². The fourth-order valence-corrected chi connectivity index (χ4v) is 3.44. The highest BCUT2D eigenvalue weighted by molar-refractivity contribution is 8.00. The lowest BCUT2D eigenvalue weighted by Crippen LogP contribution is -2.22. The molecule has 1 N–H and O–H groups in total. The van der Waals surface area contributed by atoms with Gasteiger partial charge in [0.2, 0.25) is 5.91 Å². The molecule has 0 aliphatic heterocycles. The van der Waals surface area contributed by atoms with Crippen LogP contribution in [0.25, 0.3) is 0 Å². The molecule has 0 fully saturated rings. The monoisotopic (exact) mass is 379 g/mol. The second-order valence-corrected chi connectivity index (χ2v) is 7.19. The first kappa shape index (κ1) is 19.0. The minimum Gasteiger partial charge on any atom is -0.466 e. The van der Waals surface area contributed by atoms with Crippen LogP contribution in [0.2, 0.25) is 0 Å². The lowest BCUT2D eigenvalue weighted by Gasteiger charge is -2.11. The number of nitrogens with one attached hydrogen (secondary N) is 1. The van der Waals surface area contributed by atoms with Crippen molar-refractivity contribution in [1.82, 2.24) is 14.8 Å². The van der Waals surface area contributed by atoms with Gasteiger partial charge in [-0.2, -0.15) is 5.26 Å². The molecule has 10 heteroatoms. The summed E-state index contributed by atoms with van der Waals surface area (Å²) in [5, 5.41) is 22.1. The van der Waals surface area contributed by atoms with Crippen molar-refractivity contribution in [3.05, 3.63) is 22.8 Å². The van der Waals surface area contributed by atoms with Crippen LogP contribution < -0.4 is 5.32 Å². The third kappa shape index (κ3) is 4.80. The molecule has 0 aliphatic carbocycles. The standard InChI is InChI=1S/C15H17N5O3S2/c1-4-23-12(21)7-11-18-19-15(20(11)3)25-9(2)13(22)17-14-10(8-16)5-6-24-14/h5-6,9H,4,7H2,1-3H3,(H,17,22)/t9-/m0/s1. The molecule has 0 radical (unpaired) electrons. The fourth-order valence-electron chi connectivity index (χ4n) is 1.86. The zero-order valence-corrected chi connectivity index (χ0v) is 15.6. The molecule has 0 bridgehead atoms. The maximum Gasteiger partial charge on any atom is 0.313 e. The van der Waals surface area contributed by atoms with E-state index in [1.54, 1.807) is 36.9 Å². The summed E-state index contributed by atoms with van der Waals surface area (Å²) in [7, 11) is 1.73. The Morgan fingerprint density at radius 1 is 1.52 bits per heavy atom. The normalized spacial score (nSPS) is 11.6. The van der Waals surface area contributed by atoms with E-state index in [9.17, 15) is 9.59 Å². The predicted octanol–water partition coefficient (Wildman–Crippen LogP) is 1.97. The Kier molecular flexibility index (Phi) is 6.55. The lowest BCUT2D eigenvalue weighted by molar-refractivity contribution is -0.142. The number of hydrogen-bond acceptors (Lipinski definition) is 8. The summed E-state index contributed by atoms with van der Waals surface area (Å²) in [6.07, 6.45) is 0.0270. The van der Waals surface area contributed by atoms with Gasteiger partial charge >= 0.3 is 5.97 Å². The number of carbonyl (C=O) groups is 2. The highest BCUT2D eigenvalue weighted by Gasteiger charge is 2.21. The fraction of sp³-hybridized carbons (Fsp3) is 0.400. The number of thiophene rings is 1. The van der Waals surface area contributed by atoms with Gasteiger partial charge in [0.05, 0.1) is 17.4 Å². The van der Waals surface area contributed by atoms with Crippen molar-refractivity contribution in [3.8, 4) is 6.07 Å². The van der Waals surface area contributed by atoms with E-state index in [-0.39, 0.29) is 18.3 Å². The quantitative estimate of drug-likeness (QED) is 0.578. The Balaban J connectivity index is 1.99. The number of carbonyl (C=O) groups excluding carboxylic acids is 2. The van der Waals surface area contributed by atoms with E-state index in [1.807, 2.05) is 6.07 Å². The number of thioether (sulfide) groups is 1. The topological polar surface area (TPSA) is 110 Å². The van der Waals surface area contributed by atoms with E-state index >= 15 is 0 Å². The number of rotatable bonds is 7. The minimum atomic E-state index is -0.452. The Morgan fingerprint density at radius 3 is 2.96 bits per heavy atom. The molecule has 0 saturated carbocycles. The largest absolute Gasteiger partial charge is 0.466 e. The van der Waals surface area contributed by atoms with E-state index < -0.39 is 5.25 Å². The molecule has 2 aromatic heterocycles. The number of nitriles is 1. The van der Waals surface area contributed by atoms with Gasteiger partial charge in [-0.3, -0.25) is 9.59 Å². The number of hydrogen-bond donors (Lipinski definition) is 1.